The Hall–Kier alpha value is -2.37. The van der Waals surface area contributed by atoms with Gasteiger partial charge in [-0.1, -0.05) is 6.07 Å². The molecule has 0 aliphatic rings. The summed E-state index contributed by atoms with van der Waals surface area (Å²) in [7, 11) is 1.75. The summed E-state index contributed by atoms with van der Waals surface area (Å²) in [5.74, 6) is -2.18. The highest BCUT2D eigenvalue weighted by Gasteiger charge is 2.15. The molecule has 6 heteroatoms. The number of hydrogen-bond donors (Lipinski definition) is 1. The van der Waals surface area contributed by atoms with Crippen LogP contribution in [0, 0.1) is 5.82 Å². The molecule has 18 heavy (non-hydrogen) atoms. The molecule has 2 aromatic rings. The van der Waals surface area contributed by atoms with E-state index in [9.17, 15) is 9.18 Å². The molecule has 1 heterocycles. The Balaban J connectivity index is 2.20. The van der Waals surface area contributed by atoms with Gasteiger partial charge in [0.05, 0.1) is 6.20 Å². The zero-order valence-electron chi connectivity index (χ0n) is 9.63. The molecule has 5 nitrogen and oxygen atoms in total. The maximum atomic E-state index is 13.5. The lowest BCUT2D eigenvalue weighted by atomic mass is 10.2. The number of rotatable bonds is 4. The van der Waals surface area contributed by atoms with Crippen molar-refractivity contribution in [1.82, 2.24) is 9.78 Å². The lowest BCUT2D eigenvalue weighted by Crippen LogP contribution is -2.05. The van der Waals surface area contributed by atoms with Gasteiger partial charge in [0.1, 0.15) is 12.2 Å². The zero-order valence-corrected chi connectivity index (χ0v) is 9.63. The van der Waals surface area contributed by atoms with Gasteiger partial charge in [-0.3, -0.25) is 4.68 Å². The van der Waals surface area contributed by atoms with E-state index in [1.54, 1.807) is 24.1 Å². The second-order valence-electron chi connectivity index (χ2n) is 3.73. The van der Waals surface area contributed by atoms with Crippen molar-refractivity contribution >= 4 is 5.97 Å². The van der Waals surface area contributed by atoms with Crippen LogP contribution in [-0.2, 0) is 13.7 Å². The summed E-state index contributed by atoms with van der Waals surface area (Å²) >= 11 is 0. The van der Waals surface area contributed by atoms with Crippen LogP contribution in [0.15, 0.2) is 30.6 Å². The first-order valence-electron chi connectivity index (χ1n) is 5.20. The van der Waals surface area contributed by atoms with Crippen LogP contribution in [0.5, 0.6) is 5.75 Å². The smallest absolute Gasteiger partial charge is 0.339 e. The van der Waals surface area contributed by atoms with Crippen LogP contribution in [0.2, 0.25) is 0 Å². The van der Waals surface area contributed by atoms with E-state index in [1.165, 1.54) is 12.1 Å². The fourth-order valence-corrected chi connectivity index (χ4v) is 1.53. The van der Waals surface area contributed by atoms with Crippen molar-refractivity contribution in [1.29, 1.82) is 0 Å². The number of aromatic carboxylic acids is 1. The number of benzene rings is 1. The molecule has 0 spiro atoms. The number of carboxylic acid groups (broad SMARTS) is 1. The molecule has 0 saturated heterocycles. The molecule has 0 radical (unpaired) electrons. The highest BCUT2D eigenvalue weighted by atomic mass is 19.1. The molecule has 0 unspecified atom stereocenters. The predicted octanol–water partition coefficient (Wildman–Crippen LogP) is 1.84. The van der Waals surface area contributed by atoms with Gasteiger partial charge in [-0.2, -0.15) is 5.10 Å². The Morgan fingerprint density at radius 1 is 1.56 bits per heavy atom. The van der Waals surface area contributed by atoms with E-state index >= 15 is 0 Å². The summed E-state index contributed by atoms with van der Waals surface area (Å²) in [5, 5.41) is 12.9. The van der Waals surface area contributed by atoms with Crippen molar-refractivity contribution in [3.63, 3.8) is 0 Å². The van der Waals surface area contributed by atoms with E-state index in [2.05, 4.69) is 5.10 Å². The average molecular weight is 250 g/mol. The number of para-hydroxylation sites is 1. The third-order valence-electron chi connectivity index (χ3n) is 2.34. The topological polar surface area (TPSA) is 64.3 Å². The Kier molecular flexibility index (Phi) is 3.27. The third-order valence-corrected chi connectivity index (χ3v) is 2.34. The quantitative estimate of drug-likeness (QED) is 0.899. The maximum Gasteiger partial charge on any atom is 0.339 e. The fourth-order valence-electron chi connectivity index (χ4n) is 1.53. The highest BCUT2D eigenvalue weighted by molar-refractivity contribution is 5.90. The Morgan fingerprint density at radius 3 is 2.94 bits per heavy atom. The minimum absolute atomic E-state index is 0.0645. The first kappa shape index (κ1) is 12.1. The molecule has 0 atom stereocenters. The number of ether oxygens (including phenoxy) is 1. The van der Waals surface area contributed by atoms with Gasteiger partial charge in [0, 0.05) is 18.8 Å². The van der Waals surface area contributed by atoms with E-state index in [4.69, 9.17) is 9.84 Å². The molecule has 0 amide bonds. The van der Waals surface area contributed by atoms with Gasteiger partial charge in [0.2, 0.25) is 0 Å². The fraction of sp³-hybridized carbons (Fsp3) is 0.167. The van der Waals surface area contributed by atoms with Crippen molar-refractivity contribution in [2.45, 2.75) is 6.61 Å². The van der Waals surface area contributed by atoms with Gasteiger partial charge in [-0.25, -0.2) is 9.18 Å². The van der Waals surface area contributed by atoms with Gasteiger partial charge < -0.3 is 9.84 Å². The van der Waals surface area contributed by atoms with E-state index in [0.717, 1.165) is 11.6 Å². The molecule has 1 aromatic heterocycles. The van der Waals surface area contributed by atoms with E-state index in [-0.39, 0.29) is 17.9 Å². The van der Waals surface area contributed by atoms with Crippen LogP contribution in [-0.4, -0.2) is 20.9 Å². The average Bonchev–Trinajstić information content (AvgIpc) is 2.73. The van der Waals surface area contributed by atoms with Gasteiger partial charge in [-0.15, -0.1) is 0 Å². The molecule has 0 fully saturated rings. The molecule has 1 N–H and O–H groups in total. The first-order valence-corrected chi connectivity index (χ1v) is 5.20. The Bertz CT molecular complexity index is 580. The molecule has 0 aliphatic heterocycles. The van der Waals surface area contributed by atoms with Crippen molar-refractivity contribution in [2.24, 2.45) is 7.05 Å². The summed E-state index contributed by atoms with van der Waals surface area (Å²) < 4.78 is 20.3. The van der Waals surface area contributed by atoms with E-state index < -0.39 is 11.8 Å². The third kappa shape index (κ3) is 2.48. The van der Waals surface area contributed by atoms with E-state index in [0.29, 0.717) is 0 Å². The SMILES string of the molecule is Cn1cc(COc2c(F)cccc2C(=O)O)cn1. The van der Waals surface area contributed by atoms with Gasteiger partial charge in [0.25, 0.3) is 0 Å². The number of carbonyl (C=O) groups is 1. The summed E-state index contributed by atoms with van der Waals surface area (Å²) in [5.41, 5.74) is 0.538. The number of aromatic nitrogens is 2. The summed E-state index contributed by atoms with van der Waals surface area (Å²) in [6.45, 7) is 0.0645. The minimum atomic E-state index is -1.23. The second-order valence-corrected chi connectivity index (χ2v) is 3.73. The number of hydrogen-bond acceptors (Lipinski definition) is 3. The van der Waals surface area contributed by atoms with Crippen LogP contribution < -0.4 is 4.74 Å². The molecule has 94 valence electrons. The Labute approximate surface area is 102 Å². The second kappa shape index (κ2) is 4.87. The highest BCUT2D eigenvalue weighted by Crippen LogP contribution is 2.23. The standard InChI is InChI=1S/C12H11FN2O3/c1-15-6-8(5-14-15)7-18-11-9(12(16)17)3-2-4-10(11)13/h2-6H,7H2,1H3,(H,16,17). The van der Waals surface area contributed by atoms with Crippen LogP contribution in [0.25, 0.3) is 0 Å². The molecular weight excluding hydrogens is 239 g/mol. The van der Waals surface area contributed by atoms with Gasteiger partial charge in [-0.05, 0) is 12.1 Å². The van der Waals surface area contributed by atoms with Crippen molar-refractivity contribution in [3.05, 3.63) is 47.5 Å². The summed E-state index contributed by atoms with van der Waals surface area (Å²) in [4.78, 5) is 10.9. The van der Waals surface area contributed by atoms with Gasteiger partial charge in [0.15, 0.2) is 11.6 Å². The lowest BCUT2D eigenvalue weighted by Gasteiger charge is -2.08. The monoisotopic (exact) mass is 250 g/mol. The van der Waals surface area contributed by atoms with Crippen molar-refractivity contribution in [2.75, 3.05) is 0 Å². The molecular formula is C12H11FN2O3. The molecule has 0 bridgehead atoms. The number of carboxylic acids is 1. The molecule has 1 aromatic carbocycles. The predicted molar refractivity (Wildman–Crippen MR) is 60.9 cm³/mol. The molecule has 2 rings (SSSR count). The van der Waals surface area contributed by atoms with Crippen LogP contribution in [0.3, 0.4) is 0 Å². The largest absolute Gasteiger partial charge is 0.485 e. The minimum Gasteiger partial charge on any atom is -0.485 e. The van der Waals surface area contributed by atoms with Gasteiger partial charge >= 0.3 is 5.97 Å². The van der Waals surface area contributed by atoms with Crippen molar-refractivity contribution in [3.8, 4) is 5.75 Å². The van der Waals surface area contributed by atoms with Crippen LogP contribution in [0.4, 0.5) is 4.39 Å². The lowest BCUT2D eigenvalue weighted by molar-refractivity contribution is 0.0690. The molecule has 0 saturated carbocycles. The number of halogens is 1. The number of aryl methyl sites for hydroxylation is 1. The van der Waals surface area contributed by atoms with E-state index in [1.807, 2.05) is 0 Å². The van der Waals surface area contributed by atoms with Crippen LogP contribution >= 0.6 is 0 Å². The summed E-state index contributed by atoms with van der Waals surface area (Å²) in [6.07, 6.45) is 3.28. The maximum absolute atomic E-state index is 13.5. The zero-order chi connectivity index (χ0) is 13.1. The van der Waals surface area contributed by atoms with Crippen LogP contribution in [0.1, 0.15) is 15.9 Å². The molecule has 0 aliphatic carbocycles. The Morgan fingerprint density at radius 2 is 2.33 bits per heavy atom. The number of nitrogens with zero attached hydrogens (tertiary/aromatic N) is 2. The van der Waals surface area contributed by atoms with Crippen molar-refractivity contribution < 1.29 is 19.0 Å². The summed E-state index contributed by atoms with van der Waals surface area (Å²) in [6, 6.07) is 3.78. The normalized spacial score (nSPS) is 10.3. The first-order chi connectivity index (χ1) is 8.58.